The number of methoxy groups -OCH3 is 1. The van der Waals surface area contributed by atoms with Gasteiger partial charge in [0.25, 0.3) is 0 Å². The topological polar surface area (TPSA) is 38.5 Å². The van der Waals surface area contributed by atoms with E-state index in [1.165, 1.54) is 6.07 Å². The quantitative estimate of drug-likeness (QED) is 0.909. The fraction of sp³-hybridized carbons (Fsp3) is 0.600. The Kier molecular flexibility index (Phi) is 4.77. The van der Waals surface area contributed by atoms with Gasteiger partial charge in [-0.05, 0) is 49.9 Å². The van der Waals surface area contributed by atoms with E-state index in [1.54, 1.807) is 13.2 Å². The molecule has 1 aromatic rings. The number of anilines is 1. The van der Waals surface area contributed by atoms with E-state index in [4.69, 9.17) is 10.5 Å². The Balaban J connectivity index is 2.22. The molecule has 0 radical (unpaired) electrons. The standard InChI is InChI=1S/C15H23FN2O/c1-11(17)8-12-9-13(16)5-6-15(12)18-7-3-4-14(10-18)19-2/h5-6,9,11,14H,3-4,7-8,10,17H2,1-2H3. The second-order valence-electron chi connectivity index (χ2n) is 5.40. The summed E-state index contributed by atoms with van der Waals surface area (Å²) in [6.45, 7) is 3.81. The smallest absolute Gasteiger partial charge is 0.123 e. The summed E-state index contributed by atoms with van der Waals surface area (Å²) >= 11 is 0. The maximum atomic E-state index is 13.4. The van der Waals surface area contributed by atoms with Crippen LogP contribution in [0.5, 0.6) is 0 Å². The Labute approximate surface area is 114 Å². The molecule has 2 unspecified atom stereocenters. The lowest BCUT2D eigenvalue weighted by Crippen LogP contribution is -2.40. The largest absolute Gasteiger partial charge is 0.380 e. The van der Waals surface area contributed by atoms with Gasteiger partial charge in [0.05, 0.1) is 6.10 Å². The number of rotatable bonds is 4. The molecule has 1 saturated heterocycles. The van der Waals surface area contributed by atoms with Gasteiger partial charge < -0.3 is 15.4 Å². The molecule has 1 heterocycles. The van der Waals surface area contributed by atoms with Crippen LogP contribution in [0.15, 0.2) is 18.2 Å². The summed E-state index contributed by atoms with van der Waals surface area (Å²) in [6.07, 6.45) is 3.16. The van der Waals surface area contributed by atoms with Crippen molar-refractivity contribution in [1.29, 1.82) is 0 Å². The Morgan fingerprint density at radius 2 is 2.32 bits per heavy atom. The molecule has 0 amide bonds. The van der Waals surface area contributed by atoms with E-state index >= 15 is 0 Å². The van der Waals surface area contributed by atoms with Crippen LogP contribution in [-0.4, -0.2) is 32.3 Å². The number of piperidine rings is 1. The third-order valence-electron chi connectivity index (χ3n) is 3.64. The second kappa shape index (κ2) is 6.35. The minimum atomic E-state index is -0.195. The number of nitrogens with zero attached hydrogens (tertiary/aromatic N) is 1. The van der Waals surface area contributed by atoms with Crippen molar-refractivity contribution in [3.05, 3.63) is 29.6 Å². The Hall–Kier alpha value is -1.13. The highest BCUT2D eigenvalue weighted by atomic mass is 19.1. The van der Waals surface area contributed by atoms with Crippen molar-refractivity contribution in [3.63, 3.8) is 0 Å². The van der Waals surface area contributed by atoms with Gasteiger partial charge in [0.1, 0.15) is 5.82 Å². The molecule has 2 N–H and O–H groups in total. The summed E-state index contributed by atoms with van der Waals surface area (Å²) in [5, 5.41) is 0. The molecule has 0 bridgehead atoms. The lowest BCUT2D eigenvalue weighted by Gasteiger charge is -2.35. The van der Waals surface area contributed by atoms with E-state index in [0.717, 1.165) is 37.2 Å². The molecule has 1 fully saturated rings. The SMILES string of the molecule is COC1CCCN(c2ccc(F)cc2CC(C)N)C1. The Morgan fingerprint density at radius 3 is 3.00 bits per heavy atom. The van der Waals surface area contributed by atoms with Gasteiger partial charge in [-0.1, -0.05) is 0 Å². The molecule has 3 nitrogen and oxygen atoms in total. The van der Waals surface area contributed by atoms with Crippen LogP contribution in [0, 0.1) is 5.82 Å². The van der Waals surface area contributed by atoms with Crippen molar-refractivity contribution in [3.8, 4) is 0 Å². The van der Waals surface area contributed by atoms with E-state index < -0.39 is 0 Å². The molecule has 1 aliphatic rings. The van der Waals surface area contributed by atoms with E-state index in [-0.39, 0.29) is 18.0 Å². The monoisotopic (exact) mass is 266 g/mol. The summed E-state index contributed by atoms with van der Waals surface area (Å²) in [5.41, 5.74) is 7.95. The fourth-order valence-corrected chi connectivity index (χ4v) is 2.72. The van der Waals surface area contributed by atoms with Crippen molar-refractivity contribution in [2.24, 2.45) is 5.73 Å². The predicted molar refractivity (Wildman–Crippen MR) is 76.0 cm³/mol. The van der Waals surface area contributed by atoms with Crippen LogP contribution < -0.4 is 10.6 Å². The van der Waals surface area contributed by atoms with Crippen molar-refractivity contribution < 1.29 is 9.13 Å². The molecule has 2 atom stereocenters. The number of benzene rings is 1. The molecule has 106 valence electrons. The molecule has 0 spiro atoms. The normalized spacial score (nSPS) is 21.5. The predicted octanol–water partition coefficient (Wildman–Crippen LogP) is 2.33. The van der Waals surface area contributed by atoms with Crippen molar-refractivity contribution in [1.82, 2.24) is 0 Å². The molecular weight excluding hydrogens is 243 g/mol. The van der Waals surface area contributed by atoms with Crippen LogP contribution >= 0.6 is 0 Å². The summed E-state index contributed by atoms with van der Waals surface area (Å²) in [7, 11) is 1.75. The first-order valence-electron chi connectivity index (χ1n) is 6.92. The second-order valence-corrected chi connectivity index (χ2v) is 5.40. The lowest BCUT2D eigenvalue weighted by molar-refractivity contribution is 0.0893. The van der Waals surface area contributed by atoms with Crippen LogP contribution in [0.3, 0.4) is 0 Å². The van der Waals surface area contributed by atoms with Crippen LogP contribution in [0.1, 0.15) is 25.3 Å². The lowest BCUT2D eigenvalue weighted by atomic mass is 10.0. The number of halogens is 1. The molecule has 0 aliphatic carbocycles. The fourth-order valence-electron chi connectivity index (χ4n) is 2.72. The maximum Gasteiger partial charge on any atom is 0.123 e. The number of ether oxygens (including phenoxy) is 1. The van der Waals surface area contributed by atoms with Gasteiger partial charge in [-0.15, -0.1) is 0 Å². The first-order valence-corrected chi connectivity index (χ1v) is 6.92. The molecule has 0 saturated carbocycles. The number of hydrogen-bond donors (Lipinski definition) is 1. The molecule has 1 aromatic carbocycles. The zero-order valence-corrected chi connectivity index (χ0v) is 11.7. The van der Waals surface area contributed by atoms with Gasteiger partial charge in [-0.3, -0.25) is 0 Å². The Bertz CT molecular complexity index is 423. The number of nitrogens with two attached hydrogens (primary N) is 1. The minimum Gasteiger partial charge on any atom is -0.380 e. The first kappa shape index (κ1) is 14.3. The molecular formula is C15H23FN2O. The first-order chi connectivity index (χ1) is 9.10. The zero-order chi connectivity index (χ0) is 13.8. The molecule has 19 heavy (non-hydrogen) atoms. The van der Waals surface area contributed by atoms with Crippen molar-refractivity contribution in [2.45, 2.75) is 38.3 Å². The number of hydrogen-bond acceptors (Lipinski definition) is 3. The molecule has 2 rings (SSSR count). The highest BCUT2D eigenvalue weighted by Crippen LogP contribution is 2.26. The van der Waals surface area contributed by atoms with Crippen LogP contribution in [0.2, 0.25) is 0 Å². The van der Waals surface area contributed by atoms with E-state index in [0.29, 0.717) is 6.42 Å². The van der Waals surface area contributed by atoms with Crippen LogP contribution in [0.25, 0.3) is 0 Å². The molecule has 1 aliphatic heterocycles. The molecule has 0 aromatic heterocycles. The van der Waals surface area contributed by atoms with E-state index in [9.17, 15) is 4.39 Å². The molecule has 4 heteroatoms. The van der Waals surface area contributed by atoms with Crippen LogP contribution in [0.4, 0.5) is 10.1 Å². The average Bonchev–Trinajstić information content (AvgIpc) is 2.38. The minimum absolute atomic E-state index is 0.0311. The van der Waals surface area contributed by atoms with Gasteiger partial charge in [0, 0.05) is 31.9 Å². The third-order valence-corrected chi connectivity index (χ3v) is 3.64. The van der Waals surface area contributed by atoms with Crippen molar-refractivity contribution in [2.75, 3.05) is 25.1 Å². The highest BCUT2D eigenvalue weighted by Gasteiger charge is 2.21. The van der Waals surface area contributed by atoms with Gasteiger partial charge in [-0.25, -0.2) is 4.39 Å². The van der Waals surface area contributed by atoms with E-state index in [2.05, 4.69) is 4.90 Å². The third kappa shape index (κ3) is 3.67. The zero-order valence-electron chi connectivity index (χ0n) is 11.7. The van der Waals surface area contributed by atoms with Gasteiger partial charge >= 0.3 is 0 Å². The van der Waals surface area contributed by atoms with E-state index in [1.807, 2.05) is 13.0 Å². The van der Waals surface area contributed by atoms with Gasteiger partial charge in [0.15, 0.2) is 0 Å². The summed E-state index contributed by atoms with van der Waals surface area (Å²) in [5.74, 6) is -0.195. The summed E-state index contributed by atoms with van der Waals surface area (Å²) < 4.78 is 18.9. The van der Waals surface area contributed by atoms with Crippen LogP contribution in [-0.2, 0) is 11.2 Å². The van der Waals surface area contributed by atoms with Crippen molar-refractivity contribution >= 4 is 5.69 Å². The van der Waals surface area contributed by atoms with Gasteiger partial charge in [-0.2, -0.15) is 0 Å². The maximum absolute atomic E-state index is 13.4. The average molecular weight is 266 g/mol. The highest BCUT2D eigenvalue weighted by molar-refractivity contribution is 5.54. The van der Waals surface area contributed by atoms with Gasteiger partial charge in [0.2, 0.25) is 0 Å². The summed E-state index contributed by atoms with van der Waals surface area (Å²) in [4.78, 5) is 2.29. The summed E-state index contributed by atoms with van der Waals surface area (Å²) in [6, 6.07) is 5.03. The Morgan fingerprint density at radius 1 is 1.53 bits per heavy atom.